The van der Waals surface area contributed by atoms with Crippen molar-refractivity contribution in [1.82, 2.24) is 0 Å². The van der Waals surface area contributed by atoms with Crippen LogP contribution in [0.4, 0.5) is 0 Å². The standard InChI is InChI=1S/C26H36O3.C20H17N.C2H6/c1-5-8-10-20(4)24-12-9-11-22(26(24)29-16-7-3)18-23-17-21(19-27)13-14-25(23)28-15-6-2;1-2-19(21)16-10-5-9-15-17-11-4-7-13-6-3-8-14(20(13)17)12-18(15)16;1-2/h9,11-14,17,19-20H,5-8,10,15-16,18H2,1-4H3;2-11H,12,21H2,1H3;1-2H3/b;19-2+;. The highest BCUT2D eigenvalue weighted by Gasteiger charge is 2.21. The highest BCUT2D eigenvalue weighted by Crippen LogP contribution is 2.41. The second kappa shape index (κ2) is 20.3. The second-order valence-corrected chi connectivity index (χ2v) is 13.3. The summed E-state index contributed by atoms with van der Waals surface area (Å²) in [5, 5.41) is 2.71. The summed E-state index contributed by atoms with van der Waals surface area (Å²) >= 11 is 0. The normalized spacial score (nSPS) is 12.1. The number of allylic oxidation sites excluding steroid dienone is 1. The van der Waals surface area contributed by atoms with Crippen LogP contribution in [-0.2, 0) is 12.8 Å². The van der Waals surface area contributed by atoms with E-state index in [4.69, 9.17) is 15.2 Å². The molecule has 0 aliphatic heterocycles. The Hall–Kier alpha value is -4.83. The van der Waals surface area contributed by atoms with Crippen LogP contribution in [0.5, 0.6) is 11.5 Å². The number of benzene rings is 5. The predicted octanol–water partition coefficient (Wildman–Crippen LogP) is 12.7. The van der Waals surface area contributed by atoms with Gasteiger partial charge in [-0.2, -0.15) is 0 Å². The van der Waals surface area contributed by atoms with Crippen molar-refractivity contribution in [3.8, 4) is 22.6 Å². The summed E-state index contributed by atoms with van der Waals surface area (Å²) in [5.74, 6) is 2.32. The van der Waals surface area contributed by atoms with Crippen molar-refractivity contribution < 1.29 is 14.3 Å². The van der Waals surface area contributed by atoms with Crippen molar-refractivity contribution in [2.24, 2.45) is 5.73 Å². The zero-order valence-electron chi connectivity index (χ0n) is 32.6. The van der Waals surface area contributed by atoms with Gasteiger partial charge in [0.2, 0.25) is 0 Å². The maximum atomic E-state index is 11.3. The van der Waals surface area contributed by atoms with Crippen LogP contribution in [0.1, 0.15) is 130 Å². The van der Waals surface area contributed by atoms with Crippen molar-refractivity contribution in [3.05, 3.63) is 136 Å². The number of fused-ring (bicyclic) bond motifs is 2. The van der Waals surface area contributed by atoms with Crippen LogP contribution in [0.2, 0.25) is 0 Å². The minimum Gasteiger partial charge on any atom is -0.493 e. The van der Waals surface area contributed by atoms with Crippen LogP contribution in [0, 0.1) is 0 Å². The molecule has 0 fully saturated rings. The molecule has 5 aromatic rings. The van der Waals surface area contributed by atoms with Gasteiger partial charge in [0, 0.05) is 23.2 Å². The van der Waals surface area contributed by atoms with E-state index in [1.165, 1.54) is 57.0 Å². The lowest BCUT2D eigenvalue weighted by Gasteiger charge is -2.23. The first kappa shape index (κ1) is 39.9. The summed E-state index contributed by atoms with van der Waals surface area (Å²) in [6, 6.07) is 31.7. The first-order valence-electron chi connectivity index (χ1n) is 19.4. The van der Waals surface area contributed by atoms with Gasteiger partial charge in [-0.15, -0.1) is 0 Å². The molecule has 52 heavy (non-hydrogen) atoms. The molecule has 274 valence electrons. The molecule has 0 saturated carbocycles. The Morgan fingerprint density at radius 1 is 0.808 bits per heavy atom. The third kappa shape index (κ3) is 9.53. The van der Waals surface area contributed by atoms with Crippen LogP contribution >= 0.6 is 0 Å². The number of rotatable bonds is 14. The number of carbonyl (C=O) groups excluding carboxylic acids is 1. The molecule has 0 saturated heterocycles. The largest absolute Gasteiger partial charge is 0.493 e. The Labute approximate surface area is 313 Å². The van der Waals surface area contributed by atoms with Crippen LogP contribution in [0.15, 0.2) is 97.1 Å². The van der Waals surface area contributed by atoms with Gasteiger partial charge in [0.1, 0.15) is 17.8 Å². The number of ether oxygens (including phenoxy) is 2. The van der Waals surface area contributed by atoms with E-state index in [0.29, 0.717) is 31.1 Å². The van der Waals surface area contributed by atoms with E-state index in [1.807, 2.05) is 45.0 Å². The lowest BCUT2D eigenvalue weighted by molar-refractivity contribution is 0.112. The van der Waals surface area contributed by atoms with Gasteiger partial charge in [-0.1, -0.05) is 133 Å². The van der Waals surface area contributed by atoms with E-state index in [2.05, 4.69) is 100 Å². The minimum absolute atomic E-state index is 0.457. The number of para-hydroxylation sites is 1. The molecule has 5 aromatic carbocycles. The molecular formula is C48H59NO3. The number of unbranched alkanes of at least 4 members (excludes halogenated alkanes) is 1. The zero-order chi connectivity index (χ0) is 37.5. The van der Waals surface area contributed by atoms with E-state index >= 15 is 0 Å². The Bertz CT molecular complexity index is 1930. The van der Waals surface area contributed by atoms with Gasteiger partial charge in [0.15, 0.2) is 0 Å². The molecule has 4 heteroatoms. The summed E-state index contributed by atoms with van der Waals surface area (Å²) in [7, 11) is 0. The Balaban J connectivity index is 0.000000231. The fraction of sp³-hybridized carbons (Fsp3) is 0.354. The third-order valence-corrected chi connectivity index (χ3v) is 9.61. The highest BCUT2D eigenvalue weighted by atomic mass is 16.5. The molecule has 2 N–H and O–H groups in total. The first-order valence-corrected chi connectivity index (χ1v) is 19.4. The Kier molecular flexibility index (Phi) is 15.6. The highest BCUT2D eigenvalue weighted by molar-refractivity contribution is 6.02. The van der Waals surface area contributed by atoms with Crippen LogP contribution in [-0.4, -0.2) is 19.5 Å². The molecule has 0 aromatic heterocycles. The smallest absolute Gasteiger partial charge is 0.150 e. The van der Waals surface area contributed by atoms with Crippen molar-refractivity contribution >= 4 is 22.8 Å². The molecule has 0 bridgehead atoms. The number of hydrogen-bond acceptors (Lipinski definition) is 4. The Morgan fingerprint density at radius 3 is 2.21 bits per heavy atom. The van der Waals surface area contributed by atoms with Gasteiger partial charge >= 0.3 is 0 Å². The average molecular weight is 698 g/mol. The van der Waals surface area contributed by atoms with Gasteiger partial charge in [-0.25, -0.2) is 0 Å². The zero-order valence-corrected chi connectivity index (χ0v) is 32.6. The van der Waals surface area contributed by atoms with Crippen molar-refractivity contribution in [2.75, 3.05) is 13.2 Å². The van der Waals surface area contributed by atoms with E-state index in [9.17, 15) is 4.79 Å². The fourth-order valence-corrected chi connectivity index (χ4v) is 6.98. The van der Waals surface area contributed by atoms with E-state index < -0.39 is 0 Å². The molecule has 1 atom stereocenters. The summed E-state index contributed by atoms with van der Waals surface area (Å²) in [5.41, 5.74) is 17.8. The SMILES string of the molecule is C/C=C(/N)c1cccc2c1Cc1cccc3cccc-2c13.CC.CCCCC(C)c1cccc(Cc2cc(C=O)ccc2OCCC)c1OCCC. The topological polar surface area (TPSA) is 61.6 Å². The Morgan fingerprint density at radius 2 is 1.50 bits per heavy atom. The predicted molar refractivity (Wildman–Crippen MR) is 222 cm³/mol. The molecule has 6 rings (SSSR count). The van der Waals surface area contributed by atoms with Crippen molar-refractivity contribution in [1.29, 1.82) is 0 Å². The lowest BCUT2D eigenvalue weighted by Crippen LogP contribution is -2.07. The average Bonchev–Trinajstić information content (AvgIpc) is 3.19. The van der Waals surface area contributed by atoms with E-state index in [-0.39, 0.29) is 0 Å². The van der Waals surface area contributed by atoms with Crippen LogP contribution in [0.25, 0.3) is 27.6 Å². The van der Waals surface area contributed by atoms with Gasteiger partial charge in [0.25, 0.3) is 0 Å². The van der Waals surface area contributed by atoms with Gasteiger partial charge in [-0.05, 0) is 106 Å². The maximum Gasteiger partial charge on any atom is 0.150 e. The second-order valence-electron chi connectivity index (χ2n) is 13.3. The third-order valence-electron chi connectivity index (χ3n) is 9.61. The van der Waals surface area contributed by atoms with E-state index in [0.717, 1.165) is 60.3 Å². The number of hydrogen-bond donors (Lipinski definition) is 1. The van der Waals surface area contributed by atoms with Gasteiger partial charge in [-0.3, -0.25) is 4.79 Å². The monoisotopic (exact) mass is 697 g/mol. The summed E-state index contributed by atoms with van der Waals surface area (Å²) in [4.78, 5) is 11.3. The molecule has 0 radical (unpaired) electrons. The summed E-state index contributed by atoms with van der Waals surface area (Å²) in [6.45, 7) is 16.1. The van der Waals surface area contributed by atoms with E-state index in [1.54, 1.807) is 0 Å². The van der Waals surface area contributed by atoms with Crippen molar-refractivity contribution in [3.63, 3.8) is 0 Å². The molecule has 1 aliphatic rings. The van der Waals surface area contributed by atoms with Gasteiger partial charge < -0.3 is 15.2 Å². The minimum atomic E-state index is 0.457. The first-order chi connectivity index (χ1) is 25.4. The number of nitrogens with two attached hydrogens (primary N) is 1. The lowest BCUT2D eigenvalue weighted by atomic mass is 9.81. The number of carbonyl (C=O) groups is 1. The molecule has 1 unspecified atom stereocenters. The molecular weight excluding hydrogens is 639 g/mol. The molecule has 1 aliphatic carbocycles. The molecule has 0 spiro atoms. The van der Waals surface area contributed by atoms with Crippen LogP contribution in [0.3, 0.4) is 0 Å². The maximum absolute atomic E-state index is 11.3. The molecule has 0 amide bonds. The summed E-state index contributed by atoms with van der Waals surface area (Å²) in [6.07, 6.45) is 10.0. The van der Waals surface area contributed by atoms with Crippen LogP contribution < -0.4 is 15.2 Å². The number of aldehydes is 1. The molecule has 4 nitrogen and oxygen atoms in total. The fourth-order valence-electron chi connectivity index (χ4n) is 6.98. The van der Waals surface area contributed by atoms with Crippen molar-refractivity contribution in [2.45, 2.75) is 99.3 Å². The quantitative estimate of drug-likeness (QED) is 0.115. The summed E-state index contributed by atoms with van der Waals surface area (Å²) < 4.78 is 12.2. The van der Waals surface area contributed by atoms with Gasteiger partial charge in [0.05, 0.1) is 13.2 Å². The molecule has 0 heterocycles.